The third-order valence-corrected chi connectivity index (χ3v) is 7.62. The average molecular weight is 469 g/mol. The van der Waals surface area contributed by atoms with Crippen LogP contribution in [0.1, 0.15) is 33.4 Å². The quantitative estimate of drug-likeness (QED) is 0.283. The van der Waals surface area contributed by atoms with Crippen molar-refractivity contribution in [1.29, 1.82) is 0 Å². The maximum Gasteiger partial charge on any atom is 0.163 e. The monoisotopic (exact) mass is 468 g/mol. The van der Waals surface area contributed by atoms with Crippen molar-refractivity contribution in [2.45, 2.75) is 46.4 Å². The first-order chi connectivity index (χ1) is 16.2. The van der Waals surface area contributed by atoms with Gasteiger partial charge in [-0.25, -0.2) is 15.0 Å². The van der Waals surface area contributed by atoms with E-state index in [-0.39, 0.29) is 0 Å². The van der Waals surface area contributed by atoms with Crippen molar-refractivity contribution in [1.82, 2.24) is 15.0 Å². The van der Waals surface area contributed by atoms with Crippen molar-refractivity contribution in [3.63, 3.8) is 0 Å². The number of hydrogen-bond donors (Lipinski definition) is 0. The van der Waals surface area contributed by atoms with Gasteiger partial charge in [-0.1, -0.05) is 18.2 Å². The van der Waals surface area contributed by atoms with Crippen molar-refractivity contribution in [2.24, 2.45) is 0 Å². The number of nitrogens with zero attached hydrogens (tertiary/aromatic N) is 4. The van der Waals surface area contributed by atoms with E-state index >= 15 is 0 Å². The summed E-state index contributed by atoms with van der Waals surface area (Å²) in [4.78, 5) is 17.6. The number of thioether (sulfide) groups is 1. The van der Waals surface area contributed by atoms with Crippen LogP contribution in [0, 0.1) is 41.5 Å². The minimum Gasteiger partial charge on any atom is -0.344 e. The highest BCUT2D eigenvalue weighted by Crippen LogP contribution is 2.40. The molecule has 0 aliphatic carbocycles. The highest BCUT2D eigenvalue weighted by atomic mass is 32.2. The van der Waals surface area contributed by atoms with Gasteiger partial charge in [-0.3, -0.25) is 0 Å². The highest BCUT2D eigenvalue weighted by molar-refractivity contribution is 7.98. The molecule has 4 rings (SSSR count). The molecule has 34 heavy (non-hydrogen) atoms. The molecule has 174 valence electrons. The van der Waals surface area contributed by atoms with Gasteiger partial charge in [0.1, 0.15) is 6.33 Å². The fourth-order valence-electron chi connectivity index (χ4n) is 4.77. The standard InChI is InChI=1S/C29H32N4S/c1-17-10-9-11-18(2)25(17)28-30-16-31-29(32-28)26-19(3)21(5)27(22(6)20(26)4)33(7)23-12-14-24(34-8)15-13-23/h9-16H,1-8H3. The van der Waals surface area contributed by atoms with E-state index in [9.17, 15) is 0 Å². The predicted octanol–water partition coefficient (Wildman–Crippen LogP) is 7.55. The van der Waals surface area contributed by atoms with Crippen LogP contribution in [0.3, 0.4) is 0 Å². The molecule has 4 aromatic rings. The molecule has 0 unspecified atom stereocenters. The molecule has 0 spiro atoms. The van der Waals surface area contributed by atoms with Crippen molar-refractivity contribution in [3.05, 3.63) is 82.2 Å². The molecule has 0 N–H and O–H groups in total. The summed E-state index contributed by atoms with van der Waals surface area (Å²) < 4.78 is 0. The van der Waals surface area contributed by atoms with Crippen molar-refractivity contribution >= 4 is 23.1 Å². The Bertz CT molecular complexity index is 1310. The van der Waals surface area contributed by atoms with Crippen molar-refractivity contribution in [3.8, 4) is 22.8 Å². The summed E-state index contributed by atoms with van der Waals surface area (Å²) in [5.41, 5.74) is 11.8. The molecule has 3 aromatic carbocycles. The number of benzene rings is 3. The summed E-state index contributed by atoms with van der Waals surface area (Å²) in [6, 6.07) is 15.0. The largest absolute Gasteiger partial charge is 0.344 e. The molecule has 0 bridgehead atoms. The van der Waals surface area contributed by atoms with E-state index in [1.54, 1.807) is 18.1 Å². The van der Waals surface area contributed by atoms with Crippen LogP contribution in [0.5, 0.6) is 0 Å². The minimum atomic E-state index is 0.727. The van der Waals surface area contributed by atoms with Gasteiger partial charge >= 0.3 is 0 Å². The lowest BCUT2D eigenvalue weighted by molar-refractivity contribution is 1.04. The Labute approximate surface area is 207 Å². The first kappa shape index (κ1) is 24.0. The van der Waals surface area contributed by atoms with Crippen LogP contribution in [0.25, 0.3) is 22.8 Å². The fraction of sp³-hybridized carbons (Fsp3) is 0.276. The summed E-state index contributed by atoms with van der Waals surface area (Å²) in [6.45, 7) is 12.9. The first-order valence-electron chi connectivity index (χ1n) is 11.5. The highest BCUT2D eigenvalue weighted by Gasteiger charge is 2.21. The third-order valence-electron chi connectivity index (χ3n) is 6.88. The number of hydrogen-bond acceptors (Lipinski definition) is 5. The van der Waals surface area contributed by atoms with Gasteiger partial charge in [0, 0.05) is 34.4 Å². The summed E-state index contributed by atoms with van der Waals surface area (Å²) in [5, 5.41) is 0. The molecule has 0 amide bonds. The van der Waals surface area contributed by atoms with Gasteiger partial charge in [0.05, 0.1) is 0 Å². The van der Waals surface area contributed by atoms with Gasteiger partial charge in [-0.05, 0) is 105 Å². The van der Waals surface area contributed by atoms with Gasteiger partial charge in [0.2, 0.25) is 0 Å². The lowest BCUT2D eigenvalue weighted by atomic mass is 9.90. The molecule has 1 heterocycles. The van der Waals surface area contributed by atoms with E-state index in [0.29, 0.717) is 0 Å². The Morgan fingerprint density at radius 2 is 1.21 bits per heavy atom. The van der Waals surface area contributed by atoms with Gasteiger partial charge in [-0.15, -0.1) is 11.8 Å². The Morgan fingerprint density at radius 3 is 1.74 bits per heavy atom. The lowest BCUT2D eigenvalue weighted by Crippen LogP contribution is -2.15. The van der Waals surface area contributed by atoms with Gasteiger partial charge in [0.15, 0.2) is 11.6 Å². The summed E-state index contributed by atoms with van der Waals surface area (Å²) in [5.74, 6) is 1.46. The molecular weight excluding hydrogens is 436 g/mol. The summed E-state index contributed by atoms with van der Waals surface area (Å²) >= 11 is 1.76. The van der Waals surface area contributed by atoms with Crippen LogP contribution in [-0.4, -0.2) is 28.3 Å². The molecule has 0 fully saturated rings. The smallest absolute Gasteiger partial charge is 0.163 e. The second kappa shape index (κ2) is 9.59. The second-order valence-electron chi connectivity index (χ2n) is 8.88. The van der Waals surface area contributed by atoms with E-state index < -0.39 is 0 Å². The zero-order valence-corrected chi connectivity index (χ0v) is 22.1. The van der Waals surface area contributed by atoms with Gasteiger partial charge < -0.3 is 4.90 Å². The molecule has 0 aliphatic heterocycles. The average Bonchev–Trinajstić information content (AvgIpc) is 2.83. The maximum absolute atomic E-state index is 4.95. The number of aryl methyl sites for hydroxylation is 2. The molecule has 0 radical (unpaired) electrons. The lowest BCUT2D eigenvalue weighted by Gasteiger charge is -2.28. The van der Waals surface area contributed by atoms with Gasteiger partial charge in [-0.2, -0.15) is 0 Å². The molecular formula is C29H32N4S. The molecule has 0 aliphatic rings. The molecule has 0 atom stereocenters. The Balaban J connectivity index is 1.84. The third kappa shape index (κ3) is 4.21. The first-order valence-corrected chi connectivity index (χ1v) is 12.7. The van der Waals surface area contributed by atoms with Crippen LogP contribution in [0.2, 0.25) is 0 Å². The molecule has 5 heteroatoms. The molecule has 1 aromatic heterocycles. The minimum absolute atomic E-state index is 0.727. The number of anilines is 2. The summed E-state index contributed by atoms with van der Waals surface area (Å²) in [6.07, 6.45) is 3.74. The van der Waals surface area contributed by atoms with E-state index in [1.165, 1.54) is 49.7 Å². The van der Waals surface area contributed by atoms with Crippen LogP contribution < -0.4 is 4.90 Å². The SMILES string of the molecule is CSc1ccc(N(C)c2c(C)c(C)c(-c3ncnc(-c4c(C)cccc4C)n3)c(C)c2C)cc1. The van der Waals surface area contributed by atoms with Crippen molar-refractivity contribution in [2.75, 3.05) is 18.2 Å². The number of rotatable bonds is 5. The Kier molecular flexibility index (Phi) is 6.76. The van der Waals surface area contributed by atoms with Gasteiger partial charge in [0.25, 0.3) is 0 Å². The number of aromatic nitrogens is 3. The van der Waals surface area contributed by atoms with Crippen LogP contribution in [0.4, 0.5) is 11.4 Å². The Hall–Kier alpha value is -3.18. The van der Waals surface area contributed by atoms with Crippen LogP contribution in [-0.2, 0) is 0 Å². The van der Waals surface area contributed by atoms with E-state index in [1.807, 2.05) is 0 Å². The van der Waals surface area contributed by atoms with E-state index in [0.717, 1.165) is 22.8 Å². The maximum atomic E-state index is 4.95. The molecule has 0 saturated carbocycles. The Morgan fingerprint density at radius 1 is 0.676 bits per heavy atom. The molecule has 4 nitrogen and oxygen atoms in total. The topological polar surface area (TPSA) is 41.9 Å². The zero-order chi connectivity index (χ0) is 24.6. The van der Waals surface area contributed by atoms with Crippen LogP contribution >= 0.6 is 11.8 Å². The molecule has 0 saturated heterocycles. The van der Waals surface area contributed by atoms with E-state index in [2.05, 4.69) is 112 Å². The predicted molar refractivity (Wildman–Crippen MR) is 145 cm³/mol. The fourth-order valence-corrected chi connectivity index (χ4v) is 5.18. The zero-order valence-electron chi connectivity index (χ0n) is 21.3. The second-order valence-corrected chi connectivity index (χ2v) is 9.76. The van der Waals surface area contributed by atoms with Crippen molar-refractivity contribution < 1.29 is 0 Å². The normalized spacial score (nSPS) is 11.1. The van der Waals surface area contributed by atoms with Crippen LogP contribution in [0.15, 0.2) is 53.7 Å². The summed E-state index contributed by atoms with van der Waals surface area (Å²) in [7, 11) is 2.14. The van der Waals surface area contributed by atoms with E-state index in [4.69, 9.17) is 4.98 Å².